The van der Waals surface area contributed by atoms with E-state index in [0.717, 1.165) is 22.3 Å². The van der Waals surface area contributed by atoms with Crippen molar-refractivity contribution in [1.82, 2.24) is 20.1 Å². The molecule has 42 heavy (non-hydrogen) atoms. The van der Waals surface area contributed by atoms with Crippen LogP contribution in [0.2, 0.25) is 0 Å². The molecule has 6 rings (SSSR count). The number of aromatic nitrogens is 3. The van der Waals surface area contributed by atoms with Gasteiger partial charge in [-0.15, -0.1) is 0 Å². The number of fused-ring (bicyclic) bond motifs is 3. The molecule has 220 valence electrons. The monoisotopic (exact) mass is 590 g/mol. The number of hydrogen-bond donors (Lipinski definition) is 3. The van der Waals surface area contributed by atoms with Crippen LogP contribution in [0.1, 0.15) is 60.0 Å². The summed E-state index contributed by atoms with van der Waals surface area (Å²) in [5.74, 6) is 1.73. The Morgan fingerprint density at radius 2 is 1.95 bits per heavy atom. The standard InChI is InChI=1S/C31H34N4O6S/c1-4-41-26-16-23-22(15-25(26)40-3)30(20-7-11-29(32-18-20)35-13-5-12-33-35)34-28-10-8-21(36)17-31(23,28)24-14-19(2)6-9-27(24)42(37,38)39/h5-7,9,11-16,18,21,28,30,34,36H,4,8,10,17H2,1-3H3,(H,37,38,39)/t21-,28-,30?,31-/m1/s1. The van der Waals surface area contributed by atoms with Crippen molar-refractivity contribution < 1.29 is 27.6 Å². The van der Waals surface area contributed by atoms with Crippen molar-refractivity contribution in [1.29, 1.82) is 0 Å². The van der Waals surface area contributed by atoms with E-state index in [1.165, 1.54) is 6.07 Å². The molecule has 4 aromatic rings. The SMILES string of the molecule is CCOc1cc2c(cc1OC)C(c1ccc(-n3cccn3)nc1)N[C@@H]1CC[C@@H](O)C[C@]21c1cc(C)ccc1S(=O)(=O)O. The zero-order valence-electron chi connectivity index (χ0n) is 23.7. The van der Waals surface area contributed by atoms with Gasteiger partial charge in [-0.05, 0) is 85.7 Å². The van der Waals surface area contributed by atoms with E-state index in [9.17, 15) is 18.1 Å². The summed E-state index contributed by atoms with van der Waals surface area (Å²) in [6.45, 7) is 4.17. The van der Waals surface area contributed by atoms with Gasteiger partial charge in [0, 0.05) is 30.0 Å². The molecular formula is C31H34N4O6S. The normalized spacial score (nSPS) is 23.6. The minimum atomic E-state index is -4.58. The third-order valence-corrected chi connectivity index (χ3v) is 9.38. The molecule has 11 heteroatoms. The van der Waals surface area contributed by atoms with E-state index in [1.54, 1.807) is 24.1 Å². The van der Waals surface area contributed by atoms with E-state index in [-0.39, 0.29) is 23.4 Å². The highest BCUT2D eigenvalue weighted by molar-refractivity contribution is 7.85. The van der Waals surface area contributed by atoms with Crippen molar-refractivity contribution in [2.24, 2.45) is 0 Å². The first-order valence-corrected chi connectivity index (χ1v) is 15.4. The zero-order valence-corrected chi connectivity index (χ0v) is 24.5. The van der Waals surface area contributed by atoms with E-state index < -0.39 is 21.6 Å². The maximum atomic E-state index is 12.8. The van der Waals surface area contributed by atoms with Crippen molar-refractivity contribution in [2.75, 3.05) is 13.7 Å². The first-order valence-electron chi connectivity index (χ1n) is 14.0. The number of methoxy groups -OCH3 is 1. The van der Waals surface area contributed by atoms with Crippen molar-refractivity contribution in [2.45, 2.75) is 61.6 Å². The van der Waals surface area contributed by atoms with Gasteiger partial charge in [0.05, 0.1) is 30.8 Å². The van der Waals surface area contributed by atoms with Gasteiger partial charge in [0.15, 0.2) is 17.3 Å². The van der Waals surface area contributed by atoms with Gasteiger partial charge in [0.1, 0.15) is 0 Å². The van der Waals surface area contributed by atoms with Gasteiger partial charge >= 0.3 is 0 Å². The van der Waals surface area contributed by atoms with Crippen LogP contribution in [0.3, 0.4) is 0 Å². The quantitative estimate of drug-likeness (QED) is 0.272. The Morgan fingerprint density at radius 1 is 1.12 bits per heavy atom. The van der Waals surface area contributed by atoms with Crippen LogP contribution < -0.4 is 14.8 Å². The molecule has 4 atom stereocenters. The number of aryl methyl sites for hydroxylation is 1. The minimum Gasteiger partial charge on any atom is -0.493 e. The second-order valence-corrected chi connectivity index (χ2v) is 12.3. The van der Waals surface area contributed by atoms with Crippen LogP contribution in [0.25, 0.3) is 5.82 Å². The second kappa shape index (κ2) is 10.8. The third-order valence-electron chi connectivity index (χ3n) is 8.47. The molecule has 3 N–H and O–H groups in total. The van der Waals surface area contributed by atoms with Crippen LogP contribution in [0.4, 0.5) is 0 Å². The van der Waals surface area contributed by atoms with Crippen molar-refractivity contribution in [3.8, 4) is 17.3 Å². The fourth-order valence-electron chi connectivity index (χ4n) is 6.71. The Labute approximate surface area is 245 Å². The largest absolute Gasteiger partial charge is 0.493 e. The average Bonchev–Trinajstić information content (AvgIpc) is 3.51. The summed E-state index contributed by atoms with van der Waals surface area (Å²) in [7, 11) is -3.00. The molecule has 1 saturated carbocycles. The van der Waals surface area contributed by atoms with Gasteiger partial charge in [-0.1, -0.05) is 23.8 Å². The number of rotatable bonds is 7. The smallest absolute Gasteiger partial charge is 0.294 e. The molecule has 0 bridgehead atoms. The molecule has 0 amide bonds. The predicted octanol–water partition coefficient (Wildman–Crippen LogP) is 4.12. The van der Waals surface area contributed by atoms with Crippen LogP contribution >= 0.6 is 0 Å². The maximum Gasteiger partial charge on any atom is 0.294 e. The number of aliphatic hydroxyl groups is 1. The highest BCUT2D eigenvalue weighted by Crippen LogP contribution is 2.55. The number of hydrogen-bond acceptors (Lipinski definition) is 8. The van der Waals surface area contributed by atoms with E-state index in [4.69, 9.17) is 9.47 Å². The van der Waals surface area contributed by atoms with E-state index in [1.807, 2.05) is 62.6 Å². The molecule has 2 aliphatic rings. The molecule has 0 saturated heterocycles. The molecule has 0 spiro atoms. The van der Waals surface area contributed by atoms with Crippen molar-refractivity contribution >= 4 is 10.1 Å². The van der Waals surface area contributed by atoms with Crippen molar-refractivity contribution in [3.05, 3.63) is 94.9 Å². The molecule has 1 aliphatic carbocycles. The first-order chi connectivity index (χ1) is 20.2. The van der Waals surface area contributed by atoms with Crippen LogP contribution in [-0.2, 0) is 15.5 Å². The van der Waals surface area contributed by atoms with Crippen LogP contribution in [0.5, 0.6) is 11.5 Å². The van der Waals surface area contributed by atoms with Gasteiger partial charge in [-0.25, -0.2) is 9.67 Å². The Balaban J connectivity index is 1.62. The summed E-state index contributed by atoms with van der Waals surface area (Å²) in [6.07, 6.45) is 6.01. The highest BCUT2D eigenvalue weighted by Gasteiger charge is 2.53. The number of nitrogens with zero attached hydrogens (tertiary/aromatic N) is 3. The lowest BCUT2D eigenvalue weighted by atomic mass is 9.57. The minimum absolute atomic E-state index is 0.169. The van der Waals surface area contributed by atoms with Crippen LogP contribution in [0, 0.1) is 6.92 Å². The first kappa shape index (κ1) is 28.4. The highest BCUT2D eigenvalue weighted by atomic mass is 32.2. The number of benzene rings is 2. The molecule has 2 aromatic carbocycles. The summed E-state index contributed by atoms with van der Waals surface area (Å²) in [6, 6.07) is 13.9. The van der Waals surface area contributed by atoms with Crippen LogP contribution in [0.15, 0.2) is 72.0 Å². The molecule has 3 heterocycles. The zero-order chi connectivity index (χ0) is 29.6. The third kappa shape index (κ3) is 4.76. The second-order valence-electron chi connectivity index (χ2n) is 11.0. The Morgan fingerprint density at radius 3 is 2.62 bits per heavy atom. The predicted molar refractivity (Wildman–Crippen MR) is 156 cm³/mol. The molecule has 2 aromatic heterocycles. The Hall–Kier alpha value is -3.77. The summed E-state index contributed by atoms with van der Waals surface area (Å²) in [5.41, 5.74) is 2.84. The fraction of sp³-hybridized carbons (Fsp3) is 0.355. The van der Waals surface area contributed by atoms with Gasteiger partial charge in [-0.2, -0.15) is 13.5 Å². The molecule has 1 aliphatic heterocycles. The summed E-state index contributed by atoms with van der Waals surface area (Å²) in [4.78, 5) is 4.49. The lowest BCUT2D eigenvalue weighted by Gasteiger charge is -2.53. The molecule has 0 radical (unpaired) electrons. The number of nitrogens with one attached hydrogen (secondary N) is 1. The summed E-state index contributed by atoms with van der Waals surface area (Å²) in [5, 5.41) is 19.2. The van der Waals surface area contributed by atoms with E-state index in [2.05, 4.69) is 15.4 Å². The fourth-order valence-corrected chi connectivity index (χ4v) is 7.47. The molecule has 1 unspecified atom stereocenters. The van der Waals surface area contributed by atoms with Gasteiger partial charge in [0.2, 0.25) is 0 Å². The summed E-state index contributed by atoms with van der Waals surface area (Å²) >= 11 is 0. The topological polar surface area (TPSA) is 136 Å². The average molecular weight is 591 g/mol. The van der Waals surface area contributed by atoms with E-state index >= 15 is 0 Å². The maximum absolute atomic E-state index is 12.8. The van der Waals surface area contributed by atoms with Crippen LogP contribution in [-0.4, -0.2) is 58.7 Å². The molecule has 10 nitrogen and oxygen atoms in total. The van der Waals surface area contributed by atoms with Crippen molar-refractivity contribution in [3.63, 3.8) is 0 Å². The number of aliphatic hydroxyl groups excluding tert-OH is 1. The Kier molecular flexibility index (Phi) is 7.30. The van der Waals surface area contributed by atoms with Gasteiger partial charge in [0.25, 0.3) is 10.1 Å². The molecular weight excluding hydrogens is 556 g/mol. The molecule has 1 fully saturated rings. The summed E-state index contributed by atoms with van der Waals surface area (Å²) < 4.78 is 49.3. The van der Waals surface area contributed by atoms with Gasteiger partial charge < -0.3 is 19.9 Å². The van der Waals surface area contributed by atoms with Gasteiger partial charge in [-0.3, -0.25) is 4.55 Å². The number of ether oxygens (including phenoxy) is 2. The number of pyridine rings is 1. The lowest BCUT2D eigenvalue weighted by molar-refractivity contribution is 0.0680. The Bertz CT molecular complexity index is 1710. The lowest BCUT2D eigenvalue weighted by Crippen LogP contribution is -2.59. The van der Waals surface area contributed by atoms with E-state index in [0.29, 0.717) is 42.3 Å².